The van der Waals surface area contributed by atoms with Crippen molar-refractivity contribution in [2.75, 3.05) is 188 Å². The number of methoxy groups -OCH3 is 1. The van der Waals surface area contributed by atoms with Crippen LogP contribution in [0.25, 0.3) is 0 Å². The number of ether oxygens (including phenoxy) is 10. The first-order valence-corrected chi connectivity index (χ1v) is 36.2. The van der Waals surface area contributed by atoms with Crippen molar-refractivity contribution >= 4 is 81.7 Å². The molecule has 0 saturated carbocycles. The molecule has 8 N–H and O–H groups in total. The molecule has 2 aromatic carbocycles. The summed E-state index contributed by atoms with van der Waals surface area (Å²) in [4.78, 5) is 71.6. The lowest BCUT2D eigenvalue weighted by molar-refractivity contribution is -0.123. The number of unbranched alkanes of at least 4 members (excludes halogenated alkanes) is 9. The van der Waals surface area contributed by atoms with Gasteiger partial charge in [-0.15, -0.1) is 0 Å². The van der Waals surface area contributed by atoms with Gasteiger partial charge in [0.1, 0.15) is 29.5 Å². The van der Waals surface area contributed by atoms with Crippen LogP contribution in [0, 0.1) is 5.82 Å². The van der Waals surface area contributed by atoms with Gasteiger partial charge in [-0.2, -0.15) is 11.8 Å². The van der Waals surface area contributed by atoms with Crippen LogP contribution in [0.15, 0.2) is 60.9 Å². The van der Waals surface area contributed by atoms with Gasteiger partial charge in [0.25, 0.3) is 0 Å². The molecule has 3 atom stereocenters. The Balaban J connectivity index is 0.667. The molecule has 2 fully saturated rings. The zero-order chi connectivity index (χ0) is 69.7. The van der Waals surface area contributed by atoms with E-state index in [0.717, 1.165) is 76.8 Å². The molecule has 0 unspecified atom stereocenters. The van der Waals surface area contributed by atoms with Gasteiger partial charge in [-0.1, -0.05) is 62.6 Å². The van der Waals surface area contributed by atoms with Crippen LogP contribution in [0.3, 0.4) is 0 Å². The molecule has 0 aliphatic carbocycles. The van der Waals surface area contributed by atoms with Crippen molar-refractivity contribution in [1.29, 1.82) is 0 Å². The molecule has 0 spiro atoms. The second-order valence-corrected chi connectivity index (χ2v) is 25.2. The van der Waals surface area contributed by atoms with Gasteiger partial charge in [-0.05, 0) is 94.9 Å². The second kappa shape index (κ2) is 53.8. The molecule has 3 heterocycles. The van der Waals surface area contributed by atoms with Gasteiger partial charge in [0.2, 0.25) is 23.6 Å². The molecule has 26 nitrogen and oxygen atoms in total. The van der Waals surface area contributed by atoms with Crippen LogP contribution in [0.5, 0.6) is 5.75 Å². The maximum Gasteiger partial charge on any atom is 0.315 e. The Morgan fingerprint density at radius 1 is 0.582 bits per heavy atom. The van der Waals surface area contributed by atoms with Crippen molar-refractivity contribution < 1.29 is 75.7 Å². The molecule has 6 amide bonds. The number of carbonyl (C=O) groups excluding carboxylic acids is 5. The van der Waals surface area contributed by atoms with E-state index in [2.05, 4.69) is 57.4 Å². The fourth-order valence-electron chi connectivity index (χ4n) is 10.3. The summed E-state index contributed by atoms with van der Waals surface area (Å²) in [6.07, 6.45) is 20.1. The molecule has 0 bridgehead atoms. The van der Waals surface area contributed by atoms with Gasteiger partial charge in [-0.3, -0.25) is 19.2 Å². The summed E-state index contributed by atoms with van der Waals surface area (Å²) in [6, 6.07) is 11.5. The normalized spacial score (nSPS) is 14.9. The fourth-order valence-corrected chi connectivity index (χ4v) is 12.0. The lowest BCUT2D eigenvalue weighted by Gasteiger charge is -2.16. The van der Waals surface area contributed by atoms with Crippen molar-refractivity contribution in [3.63, 3.8) is 0 Å². The number of anilines is 5. The van der Waals surface area contributed by atoms with Gasteiger partial charge in [0.05, 0.1) is 142 Å². The van der Waals surface area contributed by atoms with E-state index >= 15 is 0 Å². The van der Waals surface area contributed by atoms with Crippen molar-refractivity contribution in [2.24, 2.45) is 0 Å². The van der Waals surface area contributed by atoms with E-state index in [1.165, 1.54) is 63.7 Å². The van der Waals surface area contributed by atoms with E-state index in [1.807, 2.05) is 18.8 Å². The molecule has 5 rings (SSSR count). The minimum Gasteiger partial charge on any atom is -0.495 e. The Morgan fingerprint density at radius 2 is 1.09 bits per heavy atom. The van der Waals surface area contributed by atoms with Crippen molar-refractivity contribution in [3.8, 4) is 5.75 Å². The number of likely N-dealkylation sites (N-methyl/N-ethyl adjacent to an activating group) is 1. The van der Waals surface area contributed by atoms with Crippen LogP contribution in [-0.2, 0) is 61.8 Å². The third-order valence-electron chi connectivity index (χ3n) is 15.5. The topological polar surface area (TPSA) is 303 Å². The zero-order valence-electron chi connectivity index (χ0n) is 57.6. The average molecular weight is 1420 g/mol. The Hall–Kier alpha value is -6.02. The van der Waals surface area contributed by atoms with Gasteiger partial charge < -0.3 is 94.8 Å². The van der Waals surface area contributed by atoms with E-state index < -0.39 is 5.82 Å². The number of aromatic nitrogens is 2. The third kappa shape index (κ3) is 39.7. The number of rotatable bonds is 61. The van der Waals surface area contributed by atoms with Gasteiger partial charge in [0.15, 0.2) is 0 Å². The number of halogens is 2. The van der Waals surface area contributed by atoms with E-state index in [-0.39, 0.29) is 59.6 Å². The number of hydrogen-bond acceptors (Lipinski definition) is 21. The van der Waals surface area contributed by atoms with Crippen LogP contribution in [0.1, 0.15) is 109 Å². The molecule has 98 heavy (non-hydrogen) atoms. The highest BCUT2D eigenvalue weighted by Crippen LogP contribution is 2.34. The smallest absolute Gasteiger partial charge is 0.315 e. The summed E-state index contributed by atoms with van der Waals surface area (Å²) in [6.45, 7) is 11.7. The Kier molecular flexibility index (Phi) is 45.4. The molecule has 29 heteroatoms. The van der Waals surface area contributed by atoms with Crippen molar-refractivity contribution in [2.45, 2.75) is 126 Å². The van der Waals surface area contributed by atoms with E-state index in [9.17, 15) is 28.4 Å². The molecule has 3 aromatic rings. The number of amides is 6. The Bertz CT molecular complexity index is 2720. The number of nitrogens with one attached hydrogen (secondary N) is 8. The number of thioether (sulfide) groups is 1. The van der Waals surface area contributed by atoms with Crippen LogP contribution in [0.2, 0.25) is 5.02 Å². The predicted molar refractivity (Wildman–Crippen MR) is 379 cm³/mol. The zero-order valence-corrected chi connectivity index (χ0v) is 59.2. The molecule has 550 valence electrons. The maximum atomic E-state index is 13.6. The Morgan fingerprint density at radius 3 is 1.67 bits per heavy atom. The molecule has 2 saturated heterocycles. The number of carbonyl (C=O) groups is 5. The number of urea groups is 1. The highest BCUT2D eigenvalue weighted by Gasteiger charge is 2.42. The first-order chi connectivity index (χ1) is 47.9. The SMILES string of the molecule is COc1ccc(NC(=O)/C=C/CN(C)CCCCNC(=O)CCCC(=O)NCCOCCOCCOCCOCCOCCOCCOCCOCCOCCCCCCCCCCNC(=O)CCCC[C@@H]2SC[C@@H]3NC(=O)N[C@@H]32)cc1Nc1cc(Nc2ccc(F)c(Cl)c2)ncn1. The highest BCUT2D eigenvalue weighted by atomic mass is 35.5. The number of nitrogens with zero attached hydrogens (tertiary/aromatic N) is 3. The molecule has 0 radical (unpaired) electrons. The lowest BCUT2D eigenvalue weighted by atomic mass is 10.0. The van der Waals surface area contributed by atoms with E-state index in [1.54, 1.807) is 36.4 Å². The second-order valence-electron chi connectivity index (χ2n) is 23.6. The molecular formula is C69H109ClFN11O15S. The summed E-state index contributed by atoms with van der Waals surface area (Å²) >= 11 is 7.84. The van der Waals surface area contributed by atoms with Gasteiger partial charge >= 0.3 is 6.03 Å². The highest BCUT2D eigenvalue weighted by molar-refractivity contribution is 8.00. The quantitative estimate of drug-likeness (QED) is 0.0149. The molecular weight excluding hydrogens is 1310 g/mol. The first-order valence-electron chi connectivity index (χ1n) is 34.8. The summed E-state index contributed by atoms with van der Waals surface area (Å²) < 4.78 is 69.2. The molecule has 2 aliphatic heterocycles. The largest absolute Gasteiger partial charge is 0.495 e. The van der Waals surface area contributed by atoms with Gasteiger partial charge in [0, 0.05) is 86.6 Å². The lowest BCUT2D eigenvalue weighted by Crippen LogP contribution is -2.36. The number of hydrogen-bond donors (Lipinski definition) is 8. The third-order valence-corrected chi connectivity index (χ3v) is 17.3. The van der Waals surface area contributed by atoms with Gasteiger partial charge in [-0.25, -0.2) is 19.2 Å². The van der Waals surface area contributed by atoms with Crippen LogP contribution >= 0.6 is 23.4 Å². The van der Waals surface area contributed by atoms with E-state index in [0.29, 0.717) is 184 Å². The predicted octanol–water partition coefficient (Wildman–Crippen LogP) is 8.49. The minimum atomic E-state index is -0.524. The molecule has 1 aromatic heterocycles. The van der Waals surface area contributed by atoms with Crippen LogP contribution < -0.4 is 47.3 Å². The molecule has 2 aliphatic rings. The van der Waals surface area contributed by atoms with Crippen molar-refractivity contribution in [1.82, 2.24) is 41.5 Å². The number of benzene rings is 2. The average Bonchev–Trinajstić information content (AvgIpc) is 1.65. The summed E-state index contributed by atoms with van der Waals surface area (Å²) in [5.74, 6) is 1.49. The summed E-state index contributed by atoms with van der Waals surface area (Å²) in [5, 5.41) is 24.4. The monoisotopic (exact) mass is 1420 g/mol. The Labute approximate surface area is 587 Å². The summed E-state index contributed by atoms with van der Waals surface area (Å²) in [7, 11) is 3.49. The number of fused-ring (bicyclic) bond motifs is 1. The maximum absolute atomic E-state index is 13.6. The standard InChI is InChI=1S/C69H109ClFN11O15S/c1-82(30-16-21-67(86)78-55-23-25-60(88-2)58(50-55)79-63-51-62(75-53-76-63)77-54-22-24-57(71)56(70)49-54)29-13-12-27-73-65(84)19-15-20-66(85)74-28-32-90-34-36-92-38-40-94-42-44-96-46-48-97-47-45-95-43-41-93-39-37-91-35-33-89-31-14-8-6-4-3-5-7-11-26-72-64(83)18-10-9-17-61-68-59(52-98-61)80-69(87)81-68/h16,21-25,49-51,53,59,61,68H,3-15,17-20,26-48,52H2,1-2H3,(H,72,83)(H,73,84)(H,74,85)(H,78,86)(H2,80,81,87)(H2,75,76,77,79)/b21-16+/t59-,61-,68-/m0/s1. The van der Waals surface area contributed by atoms with Crippen LogP contribution in [0.4, 0.5) is 37.9 Å². The minimum absolute atomic E-state index is 0.0180. The van der Waals surface area contributed by atoms with E-state index in [4.69, 9.17) is 59.0 Å². The first kappa shape index (κ1) is 82.6. The fraction of sp³-hybridized carbons (Fsp3) is 0.667. The summed E-state index contributed by atoms with van der Waals surface area (Å²) in [5.41, 5.74) is 1.64. The van der Waals surface area contributed by atoms with Crippen molar-refractivity contribution in [3.05, 3.63) is 71.8 Å². The van der Waals surface area contributed by atoms with Crippen LogP contribution in [-0.4, -0.2) is 233 Å².